The highest BCUT2D eigenvalue weighted by atomic mass is 19.3. The van der Waals surface area contributed by atoms with Gasteiger partial charge >= 0.3 is 0 Å². The number of carbonyl (C=O) groups excluding carboxylic acids is 4. The van der Waals surface area contributed by atoms with E-state index in [1.165, 1.54) is 72.1 Å². The van der Waals surface area contributed by atoms with E-state index in [9.17, 15) is 42.6 Å². The highest BCUT2D eigenvalue weighted by Gasteiger charge is 2.70. The van der Waals surface area contributed by atoms with Crippen molar-refractivity contribution in [1.82, 2.24) is 21.3 Å². The van der Waals surface area contributed by atoms with E-state index in [1.807, 2.05) is 0 Å². The van der Waals surface area contributed by atoms with Gasteiger partial charge < -0.3 is 31.5 Å². The molecule has 6 N–H and O–H groups in total. The van der Waals surface area contributed by atoms with Crippen molar-refractivity contribution < 1.29 is 42.6 Å². The Morgan fingerprint density at radius 1 is 0.483 bits per heavy atom. The zero-order valence-corrected chi connectivity index (χ0v) is 36.2. The van der Waals surface area contributed by atoms with Gasteiger partial charge in [-0.2, -0.15) is 0 Å². The number of nitrogens with one attached hydrogen (secondary N) is 4. The van der Waals surface area contributed by atoms with Crippen molar-refractivity contribution in [2.75, 3.05) is 26.2 Å². The summed E-state index contributed by atoms with van der Waals surface area (Å²) in [6, 6.07) is 0. The van der Waals surface area contributed by atoms with E-state index in [2.05, 4.69) is 21.3 Å². The molecule has 58 heavy (non-hydrogen) atoms. The van der Waals surface area contributed by atoms with Crippen LogP contribution in [0.5, 0.6) is 0 Å². The first-order chi connectivity index (χ1) is 27.0. The van der Waals surface area contributed by atoms with Crippen molar-refractivity contribution in [2.45, 2.75) is 199 Å². The lowest BCUT2D eigenvalue weighted by molar-refractivity contribution is -0.121. The number of hydrogen-bond donors (Lipinski definition) is 6. The number of alkyl halides is 3. The molecule has 0 saturated heterocycles. The highest BCUT2D eigenvalue weighted by molar-refractivity contribution is 5.73. The van der Waals surface area contributed by atoms with E-state index in [0.29, 0.717) is 63.1 Å². The predicted molar refractivity (Wildman–Crippen MR) is 217 cm³/mol. The van der Waals surface area contributed by atoms with Crippen molar-refractivity contribution in [2.24, 2.45) is 33.5 Å². The minimum atomic E-state index is -2.40. The number of hydrogen-bond acceptors (Lipinski definition) is 6. The summed E-state index contributed by atoms with van der Waals surface area (Å²) in [7, 11) is 0. The Kier molecular flexibility index (Phi) is 14.4. The van der Waals surface area contributed by atoms with Crippen LogP contribution in [-0.2, 0) is 19.2 Å². The van der Waals surface area contributed by atoms with Crippen LogP contribution in [0.2, 0.25) is 0 Å². The molecule has 0 aromatic heterocycles. The molecule has 0 aromatic rings. The van der Waals surface area contributed by atoms with Gasteiger partial charge in [0, 0.05) is 71.1 Å². The molecule has 1 atom stereocenters. The summed E-state index contributed by atoms with van der Waals surface area (Å²) in [5.41, 5.74) is -1.91. The molecule has 0 bridgehead atoms. The van der Waals surface area contributed by atoms with Crippen LogP contribution >= 0.6 is 0 Å². The number of halogens is 3. The summed E-state index contributed by atoms with van der Waals surface area (Å²) >= 11 is 0. The van der Waals surface area contributed by atoms with Crippen molar-refractivity contribution in [3.8, 4) is 0 Å². The summed E-state index contributed by atoms with van der Waals surface area (Å²) in [5.74, 6) is -1.34. The molecule has 0 aromatic carbocycles. The first kappa shape index (κ1) is 46.7. The summed E-state index contributed by atoms with van der Waals surface area (Å²) < 4.78 is 39.8. The monoisotopic (exact) mass is 825 g/mol. The van der Waals surface area contributed by atoms with Crippen LogP contribution < -0.4 is 21.3 Å². The molecule has 8 aliphatic rings. The summed E-state index contributed by atoms with van der Waals surface area (Å²) in [6.07, 6.45) is 21.4. The Balaban J connectivity index is 0.000000148. The van der Waals surface area contributed by atoms with Gasteiger partial charge in [0.05, 0.1) is 11.2 Å². The quantitative estimate of drug-likeness (QED) is 0.152. The van der Waals surface area contributed by atoms with Gasteiger partial charge in [-0.25, -0.2) is 13.2 Å². The molecule has 332 valence electrons. The van der Waals surface area contributed by atoms with E-state index >= 15 is 0 Å². The summed E-state index contributed by atoms with van der Waals surface area (Å²) in [6.45, 7) is 9.96. The van der Waals surface area contributed by atoms with E-state index in [0.717, 1.165) is 69.2 Å². The number of aliphatic hydroxyl groups is 2. The Morgan fingerprint density at radius 3 is 1.10 bits per heavy atom. The van der Waals surface area contributed by atoms with Crippen LogP contribution in [0.3, 0.4) is 0 Å². The third kappa shape index (κ3) is 12.8. The maximum atomic E-state index is 13.8. The Labute approximate surface area is 345 Å². The van der Waals surface area contributed by atoms with Crippen LogP contribution in [0.4, 0.5) is 13.2 Å². The average Bonchev–Trinajstić information content (AvgIpc) is 4.11. The van der Waals surface area contributed by atoms with Gasteiger partial charge in [0.2, 0.25) is 23.6 Å². The van der Waals surface area contributed by atoms with Crippen LogP contribution in [0.25, 0.3) is 0 Å². The molecule has 0 aliphatic heterocycles. The Hall–Kier alpha value is -2.41. The first-order valence-electron chi connectivity index (χ1n) is 22.5. The Bertz CT molecular complexity index is 1440. The normalized spacial score (nSPS) is 32.7. The van der Waals surface area contributed by atoms with Gasteiger partial charge in [-0.1, -0.05) is 0 Å². The van der Waals surface area contributed by atoms with Gasteiger partial charge in [-0.05, 0) is 164 Å². The van der Waals surface area contributed by atoms with Crippen molar-refractivity contribution in [3.05, 3.63) is 0 Å². The molecule has 4 amide bonds. The number of amides is 4. The fourth-order valence-corrected chi connectivity index (χ4v) is 10.4. The fraction of sp³-hybridized carbons (Fsp3) is 0.911. The van der Waals surface area contributed by atoms with Gasteiger partial charge in [0.25, 0.3) is 5.92 Å². The minimum absolute atomic E-state index is 0.0351. The standard InChI is InChI=1S/C12H20FNO2.C11H17F2NO.C11H19NO2.C11H19NO/c1-9(15)14-8-12(16)5-3-11(4-6-12)7-10(11,2)13;1-8(15)14-6-9-2-4-10(5-3-9)7-11(10,12)13;1-9(13)12-8-11(14)6-4-10(2-3-10)5-7-11;1-9(13)12-8-10-2-4-11(5-3-10)6-7-11/h16H,3-8H2,1-2H3,(H,14,15);9H,2-7H2,1H3,(H,14,15);14H,2-8H2,1H3,(H,12,13);10H,2-8H2,1H3,(H,12,13). The van der Waals surface area contributed by atoms with Crippen LogP contribution in [0.15, 0.2) is 0 Å². The molecular weight excluding hydrogens is 750 g/mol. The molecule has 1 unspecified atom stereocenters. The van der Waals surface area contributed by atoms with Crippen molar-refractivity contribution in [3.63, 3.8) is 0 Å². The maximum absolute atomic E-state index is 13.8. The molecule has 8 fully saturated rings. The summed E-state index contributed by atoms with van der Waals surface area (Å²) in [4.78, 5) is 42.9. The zero-order valence-electron chi connectivity index (χ0n) is 36.2. The van der Waals surface area contributed by atoms with Gasteiger partial charge in [0.1, 0.15) is 5.67 Å². The molecule has 8 saturated carbocycles. The molecule has 8 aliphatic carbocycles. The van der Waals surface area contributed by atoms with E-state index in [4.69, 9.17) is 0 Å². The molecule has 4 spiro atoms. The van der Waals surface area contributed by atoms with E-state index in [1.54, 1.807) is 13.8 Å². The topological polar surface area (TPSA) is 157 Å². The summed E-state index contributed by atoms with van der Waals surface area (Å²) in [5, 5.41) is 31.4. The number of rotatable bonds is 8. The lowest BCUT2D eigenvalue weighted by atomic mass is 9.75. The molecule has 0 radical (unpaired) electrons. The third-order valence-corrected chi connectivity index (χ3v) is 16.0. The number of carbonyl (C=O) groups is 4. The second-order valence-electron chi connectivity index (χ2n) is 20.8. The Morgan fingerprint density at radius 2 is 0.793 bits per heavy atom. The first-order valence-corrected chi connectivity index (χ1v) is 22.5. The molecule has 10 nitrogen and oxygen atoms in total. The molecular formula is C45H75F3N4O6. The van der Waals surface area contributed by atoms with Crippen molar-refractivity contribution in [1.29, 1.82) is 0 Å². The highest BCUT2D eigenvalue weighted by Crippen LogP contribution is 2.68. The van der Waals surface area contributed by atoms with Gasteiger partial charge in [0.15, 0.2) is 0 Å². The van der Waals surface area contributed by atoms with E-state index < -0.39 is 28.2 Å². The predicted octanol–water partition coefficient (Wildman–Crippen LogP) is 7.18. The van der Waals surface area contributed by atoms with Crippen LogP contribution in [0.1, 0.15) is 176 Å². The van der Waals surface area contributed by atoms with Crippen LogP contribution in [0, 0.1) is 33.5 Å². The minimum Gasteiger partial charge on any atom is -0.388 e. The molecule has 0 heterocycles. The third-order valence-electron chi connectivity index (χ3n) is 16.0. The van der Waals surface area contributed by atoms with E-state index in [-0.39, 0.29) is 35.5 Å². The molecule has 13 heteroatoms. The van der Waals surface area contributed by atoms with Crippen molar-refractivity contribution >= 4 is 23.6 Å². The van der Waals surface area contributed by atoms with Crippen LogP contribution in [-0.4, -0.2) is 82.8 Å². The van der Waals surface area contributed by atoms with Gasteiger partial charge in [-0.3, -0.25) is 19.2 Å². The zero-order chi connectivity index (χ0) is 42.7. The maximum Gasteiger partial charge on any atom is 0.254 e. The fourth-order valence-electron chi connectivity index (χ4n) is 10.4. The van der Waals surface area contributed by atoms with Gasteiger partial charge in [-0.15, -0.1) is 0 Å². The smallest absolute Gasteiger partial charge is 0.254 e. The largest absolute Gasteiger partial charge is 0.388 e. The SMILES string of the molecule is CC(=O)NCC1(O)CCC2(CC1)CC2.CC(=O)NCC1(O)CCC2(CC1)CC2(C)F.CC(=O)NCC1CCC2(CC1)CC2.CC(=O)NCC1CCC2(CC1)CC2(F)F. The second-order valence-corrected chi connectivity index (χ2v) is 20.8. The lowest BCUT2D eigenvalue weighted by Gasteiger charge is -2.37. The average molecular weight is 825 g/mol. The second kappa shape index (κ2) is 17.9. The lowest BCUT2D eigenvalue weighted by Crippen LogP contribution is -2.45. The molecule has 8 rings (SSSR count).